The van der Waals surface area contributed by atoms with Crippen molar-refractivity contribution in [3.05, 3.63) is 16.1 Å². The minimum atomic E-state index is 0.222. The molecule has 0 saturated carbocycles. The zero-order valence-electron chi connectivity index (χ0n) is 10.2. The number of thiazole rings is 1. The van der Waals surface area contributed by atoms with Crippen LogP contribution in [0.3, 0.4) is 0 Å². The lowest BCUT2D eigenvalue weighted by Crippen LogP contribution is -2.47. The third-order valence-electron chi connectivity index (χ3n) is 2.61. The first-order chi connectivity index (χ1) is 8.15. The number of ether oxygens (including phenoxy) is 1. The molecule has 0 bridgehead atoms. The first-order valence-electron chi connectivity index (χ1n) is 5.72. The largest absolute Gasteiger partial charge is 0.375 e. The van der Waals surface area contributed by atoms with Crippen LogP contribution in [0.15, 0.2) is 10.4 Å². The number of nitrogens with zero attached hydrogens (tertiary/aromatic N) is 3. The average molecular weight is 254 g/mol. The van der Waals surface area contributed by atoms with Crippen LogP contribution >= 0.6 is 11.3 Å². The van der Waals surface area contributed by atoms with E-state index in [-0.39, 0.29) is 6.10 Å². The Bertz CT molecular complexity index is 404. The number of guanidine groups is 1. The Kier molecular flexibility index (Phi) is 3.96. The van der Waals surface area contributed by atoms with Crippen molar-refractivity contribution < 1.29 is 4.74 Å². The molecule has 0 amide bonds. The average Bonchev–Trinajstić information content (AvgIpc) is 2.72. The van der Waals surface area contributed by atoms with E-state index in [9.17, 15) is 0 Å². The predicted molar refractivity (Wildman–Crippen MR) is 69.2 cm³/mol. The van der Waals surface area contributed by atoms with E-state index < -0.39 is 0 Å². The quantitative estimate of drug-likeness (QED) is 0.631. The fraction of sp³-hybridized carbons (Fsp3) is 0.636. The summed E-state index contributed by atoms with van der Waals surface area (Å²) in [7, 11) is 0. The summed E-state index contributed by atoms with van der Waals surface area (Å²) in [5.74, 6) is 0.591. The first kappa shape index (κ1) is 12.3. The molecule has 0 radical (unpaired) electrons. The maximum atomic E-state index is 5.96. The zero-order valence-corrected chi connectivity index (χ0v) is 11.0. The summed E-state index contributed by atoms with van der Waals surface area (Å²) in [6.45, 7) is 6.94. The Morgan fingerprint density at radius 3 is 3.24 bits per heavy atom. The number of aryl methyl sites for hydroxylation is 1. The Balaban J connectivity index is 1.92. The van der Waals surface area contributed by atoms with E-state index in [0.717, 1.165) is 23.8 Å². The van der Waals surface area contributed by atoms with Gasteiger partial charge in [-0.25, -0.2) is 9.98 Å². The highest BCUT2D eigenvalue weighted by Gasteiger charge is 2.17. The van der Waals surface area contributed by atoms with Crippen LogP contribution in [-0.4, -0.2) is 41.6 Å². The van der Waals surface area contributed by atoms with Crippen LogP contribution in [0, 0.1) is 6.92 Å². The molecule has 0 aliphatic carbocycles. The second-order valence-corrected chi connectivity index (χ2v) is 5.13. The molecule has 94 valence electrons. The van der Waals surface area contributed by atoms with Crippen LogP contribution in [0.2, 0.25) is 0 Å². The standard InChI is InChI=1S/C11H18N4OS/c1-8-7-17-10(14-8)5-13-11(12)15-3-4-16-9(2)6-15/h7,9H,3-6H2,1-2H3,(H2,12,13). The van der Waals surface area contributed by atoms with Crippen molar-refractivity contribution in [3.63, 3.8) is 0 Å². The van der Waals surface area contributed by atoms with E-state index in [4.69, 9.17) is 10.5 Å². The van der Waals surface area contributed by atoms with Crippen molar-refractivity contribution in [1.82, 2.24) is 9.88 Å². The summed E-state index contributed by atoms with van der Waals surface area (Å²) in [5.41, 5.74) is 7.00. The molecule has 6 heteroatoms. The highest BCUT2D eigenvalue weighted by molar-refractivity contribution is 7.09. The number of aliphatic imine (C=N–C) groups is 1. The number of hydrogen-bond acceptors (Lipinski definition) is 4. The molecular weight excluding hydrogens is 236 g/mol. The van der Waals surface area contributed by atoms with Crippen molar-refractivity contribution in [2.24, 2.45) is 10.7 Å². The maximum Gasteiger partial charge on any atom is 0.191 e. The Labute approximate surface area is 105 Å². The van der Waals surface area contributed by atoms with Crippen molar-refractivity contribution in [2.75, 3.05) is 19.7 Å². The van der Waals surface area contributed by atoms with Crippen LogP contribution < -0.4 is 5.73 Å². The molecule has 17 heavy (non-hydrogen) atoms. The van der Waals surface area contributed by atoms with Gasteiger partial charge in [0.05, 0.1) is 19.3 Å². The zero-order chi connectivity index (χ0) is 12.3. The third kappa shape index (κ3) is 3.41. The van der Waals surface area contributed by atoms with Crippen molar-refractivity contribution in [1.29, 1.82) is 0 Å². The minimum absolute atomic E-state index is 0.222. The molecule has 5 nitrogen and oxygen atoms in total. The number of morpholine rings is 1. The van der Waals surface area contributed by atoms with E-state index >= 15 is 0 Å². The molecule has 1 aromatic rings. The van der Waals surface area contributed by atoms with Crippen LogP contribution in [-0.2, 0) is 11.3 Å². The van der Waals surface area contributed by atoms with Gasteiger partial charge in [-0.05, 0) is 13.8 Å². The normalized spacial score (nSPS) is 21.9. The van der Waals surface area contributed by atoms with Gasteiger partial charge in [0.1, 0.15) is 5.01 Å². The van der Waals surface area contributed by atoms with E-state index in [2.05, 4.69) is 14.9 Å². The Morgan fingerprint density at radius 1 is 1.76 bits per heavy atom. The van der Waals surface area contributed by atoms with E-state index in [1.54, 1.807) is 11.3 Å². The Morgan fingerprint density at radius 2 is 2.59 bits per heavy atom. The number of hydrogen-bond donors (Lipinski definition) is 1. The predicted octanol–water partition coefficient (Wildman–Crippen LogP) is 0.987. The molecule has 2 N–H and O–H groups in total. The molecular formula is C11H18N4OS. The smallest absolute Gasteiger partial charge is 0.191 e. The van der Waals surface area contributed by atoms with Gasteiger partial charge in [0.25, 0.3) is 0 Å². The van der Waals surface area contributed by atoms with Gasteiger partial charge in [-0.15, -0.1) is 11.3 Å². The van der Waals surface area contributed by atoms with Gasteiger partial charge in [0.15, 0.2) is 5.96 Å². The first-order valence-corrected chi connectivity index (χ1v) is 6.60. The highest BCUT2D eigenvalue weighted by atomic mass is 32.1. The van der Waals surface area contributed by atoms with Crippen molar-refractivity contribution >= 4 is 17.3 Å². The molecule has 1 saturated heterocycles. The summed E-state index contributed by atoms with van der Waals surface area (Å²) in [5, 5.41) is 3.03. The number of aromatic nitrogens is 1. The molecule has 1 aliphatic heterocycles. The van der Waals surface area contributed by atoms with Crippen LogP contribution in [0.1, 0.15) is 17.6 Å². The van der Waals surface area contributed by atoms with Gasteiger partial charge in [-0.3, -0.25) is 0 Å². The summed E-state index contributed by atoms with van der Waals surface area (Å²) in [6, 6.07) is 0. The van der Waals surface area contributed by atoms with Gasteiger partial charge < -0.3 is 15.4 Å². The molecule has 1 aliphatic rings. The summed E-state index contributed by atoms with van der Waals surface area (Å²) in [6.07, 6.45) is 0.222. The number of rotatable bonds is 2. The second kappa shape index (κ2) is 5.46. The van der Waals surface area contributed by atoms with Gasteiger partial charge in [-0.1, -0.05) is 0 Å². The van der Waals surface area contributed by atoms with Gasteiger partial charge in [0, 0.05) is 24.2 Å². The molecule has 2 rings (SSSR count). The topological polar surface area (TPSA) is 63.7 Å². The molecule has 0 aromatic carbocycles. The monoisotopic (exact) mass is 254 g/mol. The van der Waals surface area contributed by atoms with E-state index in [1.807, 2.05) is 19.2 Å². The third-order valence-corrected chi connectivity index (χ3v) is 3.56. The minimum Gasteiger partial charge on any atom is -0.375 e. The molecule has 2 heterocycles. The number of nitrogens with two attached hydrogens (primary N) is 1. The maximum absolute atomic E-state index is 5.96. The highest BCUT2D eigenvalue weighted by Crippen LogP contribution is 2.10. The molecule has 1 unspecified atom stereocenters. The fourth-order valence-electron chi connectivity index (χ4n) is 1.75. The molecule has 1 fully saturated rings. The summed E-state index contributed by atoms with van der Waals surface area (Å²) >= 11 is 1.62. The lowest BCUT2D eigenvalue weighted by Gasteiger charge is -2.31. The van der Waals surface area contributed by atoms with Crippen LogP contribution in [0.4, 0.5) is 0 Å². The lowest BCUT2D eigenvalue weighted by molar-refractivity contribution is 0.00529. The van der Waals surface area contributed by atoms with Gasteiger partial charge in [-0.2, -0.15) is 0 Å². The van der Waals surface area contributed by atoms with Crippen molar-refractivity contribution in [3.8, 4) is 0 Å². The second-order valence-electron chi connectivity index (χ2n) is 4.18. The Hall–Kier alpha value is -1.14. The van der Waals surface area contributed by atoms with Gasteiger partial charge in [0.2, 0.25) is 0 Å². The van der Waals surface area contributed by atoms with Gasteiger partial charge >= 0.3 is 0 Å². The summed E-state index contributed by atoms with van der Waals surface area (Å²) in [4.78, 5) is 10.8. The van der Waals surface area contributed by atoms with Crippen LogP contribution in [0.5, 0.6) is 0 Å². The summed E-state index contributed by atoms with van der Waals surface area (Å²) < 4.78 is 5.46. The van der Waals surface area contributed by atoms with Crippen LogP contribution in [0.25, 0.3) is 0 Å². The molecule has 1 aromatic heterocycles. The van der Waals surface area contributed by atoms with E-state index in [0.29, 0.717) is 19.1 Å². The molecule has 0 spiro atoms. The van der Waals surface area contributed by atoms with Crippen molar-refractivity contribution in [2.45, 2.75) is 26.5 Å². The SMILES string of the molecule is Cc1csc(CN=C(N)N2CCOC(C)C2)n1. The molecule has 1 atom stereocenters. The fourth-order valence-corrected chi connectivity index (χ4v) is 2.45. The lowest BCUT2D eigenvalue weighted by atomic mass is 10.3. The van der Waals surface area contributed by atoms with E-state index in [1.165, 1.54) is 0 Å².